The van der Waals surface area contributed by atoms with Crippen molar-refractivity contribution < 1.29 is 4.79 Å². The second-order valence-electron chi connectivity index (χ2n) is 9.74. The molecule has 188 valence electrons. The van der Waals surface area contributed by atoms with Gasteiger partial charge in [0, 0.05) is 48.8 Å². The van der Waals surface area contributed by atoms with Crippen LogP contribution in [0.25, 0.3) is 11.0 Å². The number of hydrogen-bond donors (Lipinski definition) is 1. The molecule has 0 unspecified atom stereocenters. The van der Waals surface area contributed by atoms with Gasteiger partial charge in [0.1, 0.15) is 6.07 Å². The van der Waals surface area contributed by atoms with Crippen LogP contribution >= 0.6 is 23.2 Å². The van der Waals surface area contributed by atoms with Gasteiger partial charge in [0.25, 0.3) is 0 Å². The van der Waals surface area contributed by atoms with E-state index < -0.39 is 0 Å². The zero-order valence-electron chi connectivity index (χ0n) is 20.1. The van der Waals surface area contributed by atoms with Gasteiger partial charge < -0.3 is 15.5 Å². The monoisotopic (exact) mass is 526 g/mol. The lowest BCUT2D eigenvalue weighted by Gasteiger charge is -2.46. The average Bonchev–Trinajstić information content (AvgIpc) is 3.20. The number of anilines is 1. The predicted octanol–water partition coefficient (Wildman–Crippen LogP) is 3.64. The van der Waals surface area contributed by atoms with Crippen molar-refractivity contribution in [3.05, 3.63) is 45.7 Å². The first-order valence-corrected chi connectivity index (χ1v) is 13.0. The smallest absolute Gasteiger partial charge is 0.227 e. The Hall–Kier alpha value is -2.93. The van der Waals surface area contributed by atoms with Crippen LogP contribution in [-0.4, -0.2) is 63.3 Å². The molecule has 9 nitrogen and oxygen atoms in total. The third-order valence-electron chi connectivity index (χ3n) is 7.40. The Morgan fingerprint density at radius 1 is 1.28 bits per heavy atom. The highest BCUT2D eigenvalue weighted by Crippen LogP contribution is 2.34. The van der Waals surface area contributed by atoms with E-state index in [9.17, 15) is 10.1 Å². The molecule has 2 atom stereocenters. The second kappa shape index (κ2) is 10.2. The van der Waals surface area contributed by atoms with Crippen LogP contribution in [0.4, 0.5) is 5.95 Å². The van der Waals surface area contributed by atoms with Gasteiger partial charge in [-0.15, -0.1) is 0 Å². The molecule has 0 bridgehead atoms. The number of nitrogens with two attached hydrogens (primary N) is 1. The predicted molar refractivity (Wildman–Crippen MR) is 139 cm³/mol. The number of benzene rings is 1. The van der Waals surface area contributed by atoms with E-state index in [2.05, 4.69) is 26.0 Å². The number of carbonyl (C=O) groups is 1. The molecule has 4 heterocycles. The van der Waals surface area contributed by atoms with Crippen LogP contribution in [0, 0.1) is 23.2 Å². The standard InChI is InChI=1S/C25H28Cl2N8O/c1-15(19-5-4-18(26)9-21(19)27)35-24-20(22(10-28)32-35)11-30-25(31-24)34-13-17(14-34)16-3-2-7-33(12-16)8-6-23(29)36/h4-5,9,11,15-17H,2-3,6-8,12-14H2,1H3,(H2,29,36)/t15-,16-/m1/s1. The van der Waals surface area contributed by atoms with E-state index in [-0.39, 0.29) is 17.6 Å². The molecule has 2 N–H and O–H groups in total. The number of likely N-dealkylation sites (tertiary alicyclic amines) is 1. The number of amides is 1. The molecule has 2 aliphatic heterocycles. The van der Waals surface area contributed by atoms with Crippen LogP contribution in [0.1, 0.15) is 43.5 Å². The second-order valence-corrected chi connectivity index (χ2v) is 10.6. The van der Waals surface area contributed by atoms with Gasteiger partial charge in [-0.25, -0.2) is 9.67 Å². The number of halogens is 2. The minimum atomic E-state index is -0.250. The Morgan fingerprint density at radius 2 is 2.08 bits per heavy atom. The van der Waals surface area contributed by atoms with Gasteiger partial charge in [-0.2, -0.15) is 15.3 Å². The zero-order chi connectivity index (χ0) is 25.4. The zero-order valence-corrected chi connectivity index (χ0v) is 21.6. The third kappa shape index (κ3) is 4.85. The summed E-state index contributed by atoms with van der Waals surface area (Å²) < 4.78 is 1.74. The van der Waals surface area contributed by atoms with E-state index in [0.29, 0.717) is 45.3 Å². The summed E-state index contributed by atoms with van der Waals surface area (Å²) in [5, 5.41) is 15.9. The maximum Gasteiger partial charge on any atom is 0.227 e. The maximum atomic E-state index is 11.2. The molecule has 0 aliphatic carbocycles. The molecule has 2 aliphatic rings. The molecule has 0 saturated carbocycles. The van der Waals surface area contributed by atoms with Crippen molar-refractivity contribution in [2.75, 3.05) is 37.6 Å². The first-order chi connectivity index (χ1) is 17.3. The highest BCUT2D eigenvalue weighted by Gasteiger charge is 2.37. The summed E-state index contributed by atoms with van der Waals surface area (Å²) in [5.41, 5.74) is 7.06. The van der Waals surface area contributed by atoms with Crippen molar-refractivity contribution in [2.45, 2.75) is 32.2 Å². The van der Waals surface area contributed by atoms with E-state index in [4.69, 9.17) is 33.9 Å². The van der Waals surface area contributed by atoms with Gasteiger partial charge in [0.2, 0.25) is 11.9 Å². The SMILES string of the molecule is C[C@H](c1ccc(Cl)cc1Cl)n1nc(C#N)c2cnc(N3CC([C@@H]4CCCN(CCC(N)=O)C4)C3)nc21. The molecule has 0 radical (unpaired) electrons. The summed E-state index contributed by atoms with van der Waals surface area (Å²) in [5.74, 6) is 1.55. The third-order valence-corrected chi connectivity index (χ3v) is 7.96. The fraction of sp³-hybridized carbons (Fsp3) is 0.480. The molecule has 2 aromatic heterocycles. The van der Waals surface area contributed by atoms with Crippen LogP contribution < -0.4 is 10.6 Å². The quantitative estimate of drug-likeness (QED) is 0.499. The summed E-state index contributed by atoms with van der Waals surface area (Å²) in [6.45, 7) is 6.51. The highest BCUT2D eigenvalue weighted by atomic mass is 35.5. The number of aromatic nitrogens is 4. The van der Waals surface area contributed by atoms with Crippen LogP contribution in [0.5, 0.6) is 0 Å². The number of carbonyl (C=O) groups excluding carboxylic acids is 1. The van der Waals surface area contributed by atoms with Crippen molar-refractivity contribution in [1.29, 1.82) is 5.26 Å². The van der Waals surface area contributed by atoms with E-state index in [1.54, 1.807) is 23.0 Å². The number of piperidine rings is 1. The van der Waals surface area contributed by atoms with Crippen molar-refractivity contribution in [1.82, 2.24) is 24.6 Å². The lowest BCUT2D eigenvalue weighted by atomic mass is 9.80. The van der Waals surface area contributed by atoms with Crippen LogP contribution in [0.15, 0.2) is 24.4 Å². The molecule has 2 fully saturated rings. The van der Waals surface area contributed by atoms with Crippen LogP contribution in [0.3, 0.4) is 0 Å². The minimum absolute atomic E-state index is 0.245. The Kier molecular flexibility index (Phi) is 7.02. The number of nitrogens with zero attached hydrogens (tertiary/aromatic N) is 7. The number of rotatable bonds is 7. The molecule has 1 aromatic carbocycles. The van der Waals surface area contributed by atoms with Gasteiger partial charge in [0.05, 0.1) is 11.4 Å². The maximum absolute atomic E-state index is 11.2. The molecule has 1 amide bonds. The van der Waals surface area contributed by atoms with E-state index >= 15 is 0 Å². The molecule has 0 spiro atoms. The van der Waals surface area contributed by atoms with E-state index in [1.165, 1.54) is 6.42 Å². The van der Waals surface area contributed by atoms with Gasteiger partial charge in [-0.05, 0) is 55.8 Å². The van der Waals surface area contributed by atoms with Crippen molar-refractivity contribution >= 4 is 46.1 Å². The van der Waals surface area contributed by atoms with Crippen LogP contribution in [0.2, 0.25) is 10.0 Å². The first kappa shape index (κ1) is 24.8. The Labute approximate surface area is 219 Å². The van der Waals surface area contributed by atoms with Gasteiger partial charge in [-0.1, -0.05) is 29.3 Å². The van der Waals surface area contributed by atoms with Gasteiger partial charge in [-0.3, -0.25) is 4.79 Å². The Morgan fingerprint density at radius 3 is 2.81 bits per heavy atom. The molecule has 11 heteroatoms. The fourth-order valence-electron chi connectivity index (χ4n) is 5.31. The normalized spacial score (nSPS) is 19.7. The highest BCUT2D eigenvalue weighted by molar-refractivity contribution is 6.35. The number of fused-ring (bicyclic) bond motifs is 1. The average molecular weight is 527 g/mol. The summed E-state index contributed by atoms with van der Waals surface area (Å²) in [4.78, 5) is 25.1. The first-order valence-electron chi connectivity index (χ1n) is 12.2. The molecular weight excluding hydrogens is 499 g/mol. The van der Waals surface area contributed by atoms with Crippen molar-refractivity contribution in [2.24, 2.45) is 17.6 Å². The van der Waals surface area contributed by atoms with E-state index in [1.807, 2.05) is 13.0 Å². The molecule has 2 saturated heterocycles. The number of primary amides is 1. The lowest BCUT2D eigenvalue weighted by molar-refractivity contribution is -0.118. The topological polar surface area (TPSA) is 117 Å². The molecule has 5 rings (SSSR count). The molecular formula is C25H28Cl2N8O. The fourth-order valence-corrected chi connectivity index (χ4v) is 5.88. The van der Waals surface area contributed by atoms with E-state index in [0.717, 1.165) is 44.7 Å². The van der Waals surface area contributed by atoms with Crippen LogP contribution in [-0.2, 0) is 4.79 Å². The minimum Gasteiger partial charge on any atom is -0.370 e. The number of nitriles is 1. The summed E-state index contributed by atoms with van der Waals surface area (Å²) in [6, 6.07) is 7.26. The summed E-state index contributed by atoms with van der Waals surface area (Å²) in [7, 11) is 0. The largest absolute Gasteiger partial charge is 0.370 e. The van der Waals surface area contributed by atoms with Gasteiger partial charge >= 0.3 is 0 Å². The molecule has 36 heavy (non-hydrogen) atoms. The lowest BCUT2D eigenvalue weighted by Crippen LogP contribution is -2.54. The van der Waals surface area contributed by atoms with Crippen molar-refractivity contribution in [3.63, 3.8) is 0 Å². The van der Waals surface area contributed by atoms with Gasteiger partial charge in [0.15, 0.2) is 11.3 Å². The summed E-state index contributed by atoms with van der Waals surface area (Å²) >= 11 is 12.5. The summed E-state index contributed by atoms with van der Waals surface area (Å²) in [6.07, 6.45) is 4.44. The molecule has 3 aromatic rings. The Bertz CT molecular complexity index is 1330. The van der Waals surface area contributed by atoms with Crippen molar-refractivity contribution in [3.8, 4) is 6.07 Å². The number of hydrogen-bond acceptors (Lipinski definition) is 7. The Balaban J connectivity index is 1.33.